The van der Waals surface area contributed by atoms with Crippen molar-refractivity contribution in [1.29, 1.82) is 0 Å². The van der Waals surface area contributed by atoms with Crippen LogP contribution in [0.1, 0.15) is 74.4 Å². The van der Waals surface area contributed by atoms with Crippen molar-refractivity contribution >= 4 is 17.5 Å². The Labute approximate surface area is 240 Å². The molecule has 1 aromatic carbocycles. The van der Waals surface area contributed by atoms with Crippen molar-refractivity contribution in [3.63, 3.8) is 0 Å². The first-order chi connectivity index (χ1) is 19.1. The van der Waals surface area contributed by atoms with Gasteiger partial charge in [-0.1, -0.05) is 18.8 Å². The fourth-order valence-electron chi connectivity index (χ4n) is 6.72. The SMILES string of the molecule is CCN(c1cc(C#CCN2CC(O)C2)cc(C(=O)NCC2C(=O)NC(C)CC2C)c1C)C1CCC(N(C)C)CC1. The van der Waals surface area contributed by atoms with Crippen LogP contribution in [-0.4, -0.2) is 97.8 Å². The van der Waals surface area contributed by atoms with Crippen molar-refractivity contribution in [3.8, 4) is 11.8 Å². The quantitative estimate of drug-likeness (QED) is 0.431. The molecule has 1 aromatic rings. The van der Waals surface area contributed by atoms with Crippen molar-refractivity contribution in [2.75, 3.05) is 51.7 Å². The van der Waals surface area contributed by atoms with Gasteiger partial charge in [-0.2, -0.15) is 0 Å². The standard InChI is InChI=1S/C32H49N5O3/c1-7-37(26-12-10-25(11-13-26)35(5)6)30-17-24(9-8-14-36-19-27(38)20-36)16-28(23(30)4)31(39)33-18-29-21(2)15-22(3)34-32(29)40/h16-17,21-22,25-27,29,38H,7,10-15,18-20H2,1-6H3,(H,33,39)(H,34,40). The molecule has 2 aliphatic heterocycles. The smallest absolute Gasteiger partial charge is 0.251 e. The van der Waals surface area contributed by atoms with Gasteiger partial charge in [0.05, 0.1) is 18.6 Å². The monoisotopic (exact) mass is 551 g/mol. The lowest BCUT2D eigenvalue weighted by Crippen LogP contribution is -2.50. The van der Waals surface area contributed by atoms with Crippen LogP contribution < -0.4 is 15.5 Å². The lowest BCUT2D eigenvalue weighted by atomic mass is 9.84. The molecule has 3 aliphatic rings. The number of amides is 2. The summed E-state index contributed by atoms with van der Waals surface area (Å²) in [5, 5.41) is 15.7. The van der Waals surface area contributed by atoms with E-state index in [0.717, 1.165) is 42.6 Å². The molecule has 40 heavy (non-hydrogen) atoms. The number of carbonyl (C=O) groups is 2. The van der Waals surface area contributed by atoms with Crippen molar-refractivity contribution in [2.45, 2.75) is 84.0 Å². The van der Waals surface area contributed by atoms with E-state index in [1.165, 1.54) is 12.8 Å². The Morgan fingerprint density at radius 2 is 1.82 bits per heavy atom. The molecule has 3 N–H and O–H groups in total. The van der Waals surface area contributed by atoms with Crippen LogP contribution in [0.25, 0.3) is 0 Å². The van der Waals surface area contributed by atoms with Crippen LogP contribution in [0.3, 0.4) is 0 Å². The van der Waals surface area contributed by atoms with Crippen LogP contribution in [0.2, 0.25) is 0 Å². The third-order valence-corrected chi connectivity index (χ3v) is 9.21. The molecule has 2 amide bonds. The highest BCUT2D eigenvalue weighted by molar-refractivity contribution is 5.98. The first-order valence-corrected chi connectivity index (χ1v) is 15.1. The van der Waals surface area contributed by atoms with Crippen LogP contribution in [0.5, 0.6) is 0 Å². The maximum absolute atomic E-state index is 13.6. The first kappa shape index (κ1) is 30.4. The van der Waals surface area contributed by atoms with Crippen molar-refractivity contribution in [1.82, 2.24) is 20.4 Å². The summed E-state index contributed by atoms with van der Waals surface area (Å²) in [7, 11) is 4.33. The van der Waals surface area contributed by atoms with Gasteiger partial charge in [0.1, 0.15) is 0 Å². The number of hydrogen-bond acceptors (Lipinski definition) is 6. The van der Waals surface area contributed by atoms with Crippen molar-refractivity contribution < 1.29 is 14.7 Å². The molecule has 0 spiro atoms. The number of nitrogens with zero attached hydrogens (tertiary/aromatic N) is 3. The molecule has 4 rings (SSSR count). The normalized spacial score (nSPS) is 27.4. The second-order valence-electron chi connectivity index (χ2n) is 12.5. The van der Waals surface area contributed by atoms with Crippen LogP contribution in [0.4, 0.5) is 5.69 Å². The summed E-state index contributed by atoms with van der Waals surface area (Å²) < 4.78 is 0. The highest BCUT2D eigenvalue weighted by Crippen LogP contribution is 2.33. The Morgan fingerprint density at radius 3 is 2.42 bits per heavy atom. The number of piperidine rings is 1. The average Bonchev–Trinajstić information content (AvgIpc) is 2.89. The molecule has 2 saturated heterocycles. The van der Waals surface area contributed by atoms with Crippen molar-refractivity contribution in [3.05, 3.63) is 28.8 Å². The zero-order chi connectivity index (χ0) is 29.0. The number of benzene rings is 1. The van der Waals surface area contributed by atoms with Gasteiger partial charge >= 0.3 is 0 Å². The number of β-amino-alcohol motifs (C(OH)–C–C–N with tert-alkyl or cyclic N) is 1. The summed E-state index contributed by atoms with van der Waals surface area (Å²) in [5.74, 6) is 6.40. The Balaban J connectivity index is 1.57. The number of carbonyl (C=O) groups excluding carboxylic acids is 2. The molecular formula is C32H49N5O3. The van der Waals surface area contributed by atoms with Gasteiger partial charge in [0, 0.05) is 61.1 Å². The number of likely N-dealkylation sites (tertiary alicyclic amines) is 1. The molecule has 2 heterocycles. The summed E-state index contributed by atoms with van der Waals surface area (Å²) in [4.78, 5) is 33.1. The zero-order valence-corrected chi connectivity index (χ0v) is 25.3. The lowest BCUT2D eigenvalue weighted by molar-refractivity contribution is -0.129. The molecule has 1 aliphatic carbocycles. The second-order valence-corrected chi connectivity index (χ2v) is 12.5. The summed E-state index contributed by atoms with van der Waals surface area (Å²) >= 11 is 0. The van der Waals surface area contributed by atoms with Gasteiger partial charge in [0.2, 0.25) is 5.91 Å². The molecule has 1 saturated carbocycles. The summed E-state index contributed by atoms with van der Waals surface area (Å²) in [6.45, 7) is 11.4. The van der Waals surface area contributed by atoms with Gasteiger partial charge in [-0.15, -0.1) is 0 Å². The number of nitrogens with one attached hydrogen (secondary N) is 2. The van der Waals surface area contributed by atoms with Gasteiger partial charge < -0.3 is 25.5 Å². The zero-order valence-electron chi connectivity index (χ0n) is 25.3. The Hall–Kier alpha value is -2.60. The third-order valence-electron chi connectivity index (χ3n) is 9.21. The van der Waals surface area contributed by atoms with Gasteiger partial charge in [-0.25, -0.2) is 0 Å². The first-order valence-electron chi connectivity index (χ1n) is 15.1. The Morgan fingerprint density at radius 1 is 1.15 bits per heavy atom. The molecule has 0 aromatic heterocycles. The largest absolute Gasteiger partial charge is 0.390 e. The molecule has 3 atom stereocenters. The molecule has 8 heteroatoms. The highest BCUT2D eigenvalue weighted by Gasteiger charge is 2.33. The van der Waals surface area contributed by atoms with Gasteiger partial charge in [-0.05, 0) is 90.6 Å². The van der Waals surface area contributed by atoms with E-state index in [0.29, 0.717) is 43.8 Å². The number of aliphatic hydroxyl groups is 1. The van der Waals surface area contributed by atoms with E-state index in [-0.39, 0.29) is 35.8 Å². The van der Waals surface area contributed by atoms with Gasteiger partial charge in [0.15, 0.2) is 0 Å². The summed E-state index contributed by atoms with van der Waals surface area (Å²) in [6.07, 6.45) is 5.25. The molecule has 8 nitrogen and oxygen atoms in total. The number of hydrogen-bond donors (Lipinski definition) is 3. The van der Waals surface area contributed by atoms with E-state index < -0.39 is 0 Å². The molecule has 0 radical (unpaired) electrons. The number of anilines is 1. The molecular weight excluding hydrogens is 502 g/mol. The summed E-state index contributed by atoms with van der Waals surface area (Å²) in [6, 6.07) is 5.26. The van der Waals surface area contributed by atoms with Crippen molar-refractivity contribution in [2.24, 2.45) is 11.8 Å². The Bertz CT molecular complexity index is 1110. The topological polar surface area (TPSA) is 88.1 Å². The predicted octanol–water partition coefficient (Wildman–Crippen LogP) is 2.61. The third kappa shape index (κ3) is 7.18. The average molecular weight is 552 g/mol. The second kappa shape index (κ2) is 13.4. The lowest BCUT2D eigenvalue weighted by Gasteiger charge is -2.40. The molecule has 3 fully saturated rings. The number of rotatable bonds is 8. The Kier molecular flexibility index (Phi) is 10.2. The van der Waals surface area contributed by atoms with Crippen LogP contribution in [0.15, 0.2) is 12.1 Å². The van der Waals surface area contributed by atoms with E-state index >= 15 is 0 Å². The minimum atomic E-state index is -0.249. The van der Waals surface area contributed by atoms with E-state index in [1.807, 2.05) is 19.9 Å². The van der Waals surface area contributed by atoms with Crippen LogP contribution in [-0.2, 0) is 4.79 Å². The summed E-state index contributed by atoms with van der Waals surface area (Å²) in [5.41, 5.74) is 3.48. The van der Waals surface area contributed by atoms with E-state index in [9.17, 15) is 14.7 Å². The van der Waals surface area contributed by atoms with E-state index in [1.54, 1.807) is 0 Å². The molecule has 220 valence electrons. The fraction of sp³-hybridized carbons (Fsp3) is 0.688. The minimum absolute atomic E-state index is 0.0187. The molecule has 0 bridgehead atoms. The number of aliphatic hydroxyl groups excluding tert-OH is 1. The highest BCUT2D eigenvalue weighted by atomic mass is 16.3. The maximum atomic E-state index is 13.6. The van der Waals surface area contributed by atoms with Crippen LogP contribution in [0, 0.1) is 30.6 Å². The maximum Gasteiger partial charge on any atom is 0.251 e. The minimum Gasteiger partial charge on any atom is -0.390 e. The van der Waals surface area contributed by atoms with E-state index in [2.05, 4.69) is 71.2 Å². The molecule has 3 unspecified atom stereocenters. The van der Waals surface area contributed by atoms with Gasteiger partial charge in [-0.3, -0.25) is 14.5 Å². The van der Waals surface area contributed by atoms with Crippen LogP contribution >= 0.6 is 0 Å². The predicted molar refractivity (Wildman–Crippen MR) is 160 cm³/mol. The van der Waals surface area contributed by atoms with E-state index in [4.69, 9.17) is 0 Å². The fourth-order valence-corrected chi connectivity index (χ4v) is 6.72. The van der Waals surface area contributed by atoms with Gasteiger partial charge in [0.25, 0.3) is 5.91 Å².